The van der Waals surface area contributed by atoms with Gasteiger partial charge in [0.25, 0.3) is 0 Å². The molecule has 1 amide bonds. The number of hydrogen-bond donors (Lipinski definition) is 1. The Morgan fingerprint density at radius 1 is 1.09 bits per heavy atom. The van der Waals surface area contributed by atoms with E-state index >= 15 is 0 Å². The van der Waals surface area contributed by atoms with Crippen molar-refractivity contribution >= 4 is 11.6 Å². The van der Waals surface area contributed by atoms with Crippen LogP contribution in [0.1, 0.15) is 23.1 Å². The van der Waals surface area contributed by atoms with Crippen molar-refractivity contribution in [1.29, 1.82) is 0 Å². The molecule has 116 valence electrons. The van der Waals surface area contributed by atoms with Crippen LogP contribution < -0.4 is 5.32 Å². The van der Waals surface area contributed by atoms with Gasteiger partial charge in [-0.05, 0) is 37.1 Å². The Hall–Kier alpha value is -2.30. The molecule has 2 nitrogen and oxygen atoms in total. The zero-order valence-electron chi connectivity index (χ0n) is 12.1. The first-order chi connectivity index (χ1) is 10.3. The van der Waals surface area contributed by atoms with Gasteiger partial charge in [0.15, 0.2) is 0 Å². The summed E-state index contributed by atoms with van der Waals surface area (Å²) in [6.45, 7) is 1.98. The molecule has 0 radical (unpaired) electrons. The highest BCUT2D eigenvalue weighted by atomic mass is 19.4. The Morgan fingerprint density at radius 2 is 1.77 bits per heavy atom. The van der Waals surface area contributed by atoms with Crippen molar-refractivity contribution in [3.8, 4) is 0 Å². The molecule has 22 heavy (non-hydrogen) atoms. The van der Waals surface area contributed by atoms with Crippen molar-refractivity contribution in [2.45, 2.75) is 25.9 Å². The normalized spacial score (nSPS) is 11.3. The molecule has 0 aliphatic rings. The van der Waals surface area contributed by atoms with Gasteiger partial charge in [-0.25, -0.2) is 0 Å². The van der Waals surface area contributed by atoms with Gasteiger partial charge in [0.05, 0.1) is 5.56 Å². The Bertz CT molecular complexity index is 648. The van der Waals surface area contributed by atoms with E-state index in [-0.39, 0.29) is 18.0 Å². The van der Waals surface area contributed by atoms with E-state index in [2.05, 4.69) is 5.32 Å². The number of alkyl halides is 3. The standard InChI is InChI=1S/C17H16F3NO/c1-12-5-7-13(8-6-12)9-10-16(22)21-15-4-2-3-14(11-15)17(18,19)20/h2-8,11H,9-10H2,1H3,(H,21,22). The Balaban J connectivity index is 1.93. The lowest BCUT2D eigenvalue weighted by Crippen LogP contribution is -2.13. The SMILES string of the molecule is Cc1ccc(CCC(=O)Nc2cccc(C(F)(F)F)c2)cc1. The number of benzene rings is 2. The molecule has 0 aliphatic heterocycles. The summed E-state index contributed by atoms with van der Waals surface area (Å²) in [6.07, 6.45) is -3.65. The van der Waals surface area contributed by atoms with Crippen LogP contribution in [0, 0.1) is 6.92 Å². The van der Waals surface area contributed by atoms with Crippen molar-refractivity contribution in [1.82, 2.24) is 0 Å². The fourth-order valence-corrected chi connectivity index (χ4v) is 2.01. The molecule has 0 spiro atoms. The topological polar surface area (TPSA) is 29.1 Å². The Morgan fingerprint density at radius 3 is 2.41 bits per heavy atom. The first-order valence-electron chi connectivity index (χ1n) is 6.87. The molecule has 0 bridgehead atoms. The molecule has 2 aromatic rings. The van der Waals surface area contributed by atoms with Crippen molar-refractivity contribution < 1.29 is 18.0 Å². The molecule has 0 fully saturated rings. The third-order valence-corrected chi connectivity index (χ3v) is 3.23. The fraction of sp³-hybridized carbons (Fsp3) is 0.235. The molecular formula is C17H16F3NO. The van der Waals surface area contributed by atoms with Crippen LogP contribution in [-0.2, 0) is 17.4 Å². The molecular weight excluding hydrogens is 291 g/mol. The van der Waals surface area contributed by atoms with Crippen molar-refractivity contribution in [3.05, 3.63) is 65.2 Å². The third-order valence-electron chi connectivity index (χ3n) is 3.23. The Kier molecular flexibility index (Phi) is 4.85. The van der Waals surface area contributed by atoms with Crippen molar-refractivity contribution in [3.63, 3.8) is 0 Å². The summed E-state index contributed by atoms with van der Waals surface area (Å²) in [5, 5.41) is 2.50. The van der Waals surface area contributed by atoms with Crippen LogP contribution in [0.3, 0.4) is 0 Å². The van der Waals surface area contributed by atoms with Crippen molar-refractivity contribution in [2.75, 3.05) is 5.32 Å². The van der Waals surface area contributed by atoms with Crippen LogP contribution in [0.15, 0.2) is 48.5 Å². The minimum absolute atomic E-state index is 0.156. The van der Waals surface area contributed by atoms with Gasteiger partial charge >= 0.3 is 6.18 Å². The maximum atomic E-state index is 12.6. The quantitative estimate of drug-likeness (QED) is 0.879. The Labute approximate surface area is 127 Å². The molecule has 2 rings (SSSR count). The molecule has 1 N–H and O–H groups in total. The number of halogens is 3. The molecule has 2 aromatic carbocycles. The average Bonchev–Trinajstić information content (AvgIpc) is 2.46. The van der Waals surface area contributed by atoms with Gasteiger partial charge in [-0.3, -0.25) is 4.79 Å². The maximum absolute atomic E-state index is 12.6. The number of nitrogens with one attached hydrogen (secondary N) is 1. The number of aryl methyl sites for hydroxylation is 2. The van der Waals surface area contributed by atoms with Crippen LogP contribution in [-0.4, -0.2) is 5.91 Å². The van der Waals surface area contributed by atoms with E-state index in [4.69, 9.17) is 0 Å². The zero-order valence-corrected chi connectivity index (χ0v) is 12.1. The van der Waals surface area contributed by atoms with Gasteiger partial charge in [-0.2, -0.15) is 13.2 Å². The average molecular weight is 307 g/mol. The van der Waals surface area contributed by atoms with Crippen molar-refractivity contribution in [2.24, 2.45) is 0 Å². The summed E-state index contributed by atoms with van der Waals surface area (Å²) >= 11 is 0. The van der Waals surface area contributed by atoms with E-state index in [9.17, 15) is 18.0 Å². The second-order valence-corrected chi connectivity index (χ2v) is 5.11. The van der Waals surface area contributed by atoms with Gasteiger partial charge in [-0.1, -0.05) is 35.9 Å². The first-order valence-corrected chi connectivity index (χ1v) is 6.87. The summed E-state index contributed by atoms with van der Waals surface area (Å²) in [4.78, 5) is 11.8. The number of rotatable bonds is 4. The van der Waals surface area contributed by atoms with Crippen LogP contribution in [0.4, 0.5) is 18.9 Å². The largest absolute Gasteiger partial charge is 0.416 e. The van der Waals surface area contributed by atoms with Gasteiger partial charge < -0.3 is 5.32 Å². The molecule has 0 aliphatic carbocycles. The third kappa shape index (κ3) is 4.62. The summed E-state index contributed by atoms with van der Waals surface area (Å²) in [5.41, 5.74) is 1.54. The second-order valence-electron chi connectivity index (χ2n) is 5.11. The number of anilines is 1. The molecule has 0 heterocycles. The lowest BCUT2D eigenvalue weighted by atomic mass is 10.1. The van der Waals surface area contributed by atoms with Gasteiger partial charge in [0.1, 0.15) is 0 Å². The van der Waals surface area contributed by atoms with E-state index in [0.29, 0.717) is 6.42 Å². The molecule has 0 atom stereocenters. The second kappa shape index (κ2) is 6.64. The molecule has 5 heteroatoms. The van der Waals surface area contributed by atoms with E-state index < -0.39 is 11.7 Å². The maximum Gasteiger partial charge on any atom is 0.416 e. The molecule has 0 saturated carbocycles. The van der Waals surface area contributed by atoms with E-state index in [1.54, 1.807) is 0 Å². The van der Waals surface area contributed by atoms with E-state index in [1.807, 2.05) is 31.2 Å². The van der Waals surface area contributed by atoms with Crippen LogP contribution in [0.25, 0.3) is 0 Å². The fourth-order valence-electron chi connectivity index (χ4n) is 2.01. The minimum atomic E-state index is -4.41. The number of carbonyl (C=O) groups is 1. The van der Waals surface area contributed by atoms with Gasteiger partial charge in [0, 0.05) is 12.1 Å². The number of hydrogen-bond acceptors (Lipinski definition) is 1. The van der Waals surface area contributed by atoms with Gasteiger partial charge in [0.2, 0.25) is 5.91 Å². The van der Waals surface area contributed by atoms with E-state index in [0.717, 1.165) is 23.3 Å². The zero-order chi connectivity index (χ0) is 16.2. The summed E-state index contributed by atoms with van der Waals surface area (Å²) in [6, 6.07) is 12.4. The van der Waals surface area contributed by atoms with Crippen LogP contribution in [0.5, 0.6) is 0 Å². The molecule has 0 saturated heterocycles. The lowest BCUT2D eigenvalue weighted by molar-refractivity contribution is -0.137. The van der Waals surface area contributed by atoms with E-state index in [1.165, 1.54) is 12.1 Å². The van der Waals surface area contributed by atoms with Crippen LogP contribution >= 0.6 is 0 Å². The lowest BCUT2D eigenvalue weighted by Gasteiger charge is -2.10. The number of amides is 1. The highest BCUT2D eigenvalue weighted by Crippen LogP contribution is 2.30. The summed E-state index contributed by atoms with van der Waals surface area (Å²) in [7, 11) is 0. The highest BCUT2D eigenvalue weighted by molar-refractivity contribution is 5.90. The minimum Gasteiger partial charge on any atom is -0.326 e. The van der Waals surface area contributed by atoms with Crippen LogP contribution in [0.2, 0.25) is 0 Å². The first kappa shape index (κ1) is 16.1. The molecule has 0 unspecified atom stereocenters. The monoisotopic (exact) mass is 307 g/mol. The smallest absolute Gasteiger partial charge is 0.326 e. The highest BCUT2D eigenvalue weighted by Gasteiger charge is 2.30. The number of carbonyl (C=O) groups excluding carboxylic acids is 1. The summed E-state index contributed by atoms with van der Waals surface area (Å²) < 4.78 is 37.8. The predicted octanol–water partition coefficient (Wildman–Crippen LogP) is 4.59. The van der Waals surface area contributed by atoms with Gasteiger partial charge in [-0.15, -0.1) is 0 Å². The molecule has 0 aromatic heterocycles. The summed E-state index contributed by atoms with van der Waals surface area (Å²) in [5.74, 6) is -0.306. The predicted molar refractivity (Wildman–Crippen MR) is 79.6 cm³/mol.